The molecule has 1 amide bonds. The number of nitrogens with one attached hydrogen (secondary N) is 1. The first-order valence-corrected chi connectivity index (χ1v) is 9.10. The lowest BCUT2D eigenvalue weighted by Gasteiger charge is -2.13. The Labute approximate surface area is 164 Å². The lowest BCUT2D eigenvalue weighted by atomic mass is 10.1. The van der Waals surface area contributed by atoms with Crippen molar-refractivity contribution in [3.8, 4) is 5.75 Å². The number of benzene rings is 1. The maximum atomic E-state index is 12.6. The van der Waals surface area contributed by atoms with Gasteiger partial charge >= 0.3 is 0 Å². The van der Waals surface area contributed by atoms with E-state index in [1.54, 1.807) is 25.4 Å². The molecule has 0 bridgehead atoms. The van der Waals surface area contributed by atoms with E-state index in [4.69, 9.17) is 4.74 Å². The van der Waals surface area contributed by atoms with Crippen LogP contribution >= 0.6 is 15.9 Å². The SMILES string of the molecule is COc1c(C)cnc(CNC(=O)Cn2cnc3ccc(Br)cc3c2=O)c1C. The predicted molar refractivity (Wildman–Crippen MR) is 106 cm³/mol. The van der Waals surface area contributed by atoms with Gasteiger partial charge < -0.3 is 10.1 Å². The van der Waals surface area contributed by atoms with Crippen LogP contribution in [0.25, 0.3) is 10.9 Å². The maximum absolute atomic E-state index is 12.6. The summed E-state index contributed by atoms with van der Waals surface area (Å²) >= 11 is 3.34. The van der Waals surface area contributed by atoms with Gasteiger partial charge in [-0.3, -0.25) is 19.1 Å². The molecular weight excluding hydrogens is 412 g/mol. The van der Waals surface area contributed by atoms with Crippen molar-refractivity contribution in [2.24, 2.45) is 0 Å². The van der Waals surface area contributed by atoms with Crippen LogP contribution in [-0.2, 0) is 17.9 Å². The lowest BCUT2D eigenvalue weighted by molar-refractivity contribution is -0.121. The summed E-state index contributed by atoms with van der Waals surface area (Å²) in [5.41, 5.74) is 2.87. The van der Waals surface area contributed by atoms with Crippen LogP contribution in [0.2, 0.25) is 0 Å². The number of hydrogen-bond donors (Lipinski definition) is 1. The Morgan fingerprint density at radius 1 is 1.30 bits per heavy atom. The largest absolute Gasteiger partial charge is 0.496 e. The number of amides is 1. The predicted octanol–water partition coefficient (Wildman–Crippen LogP) is 2.50. The molecule has 140 valence electrons. The highest BCUT2D eigenvalue weighted by atomic mass is 79.9. The molecule has 0 radical (unpaired) electrons. The molecule has 3 rings (SSSR count). The van der Waals surface area contributed by atoms with Crippen molar-refractivity contribution < 1.29 is 9.53 Å². The summed E-state index contributed by atoms with van der Waals surface area (Å²) in [5.74, 6) is 0.462. The standard InChI is InChI=1S/C19H19BrN4O3/c1-11-7-21-16(12(2)18(11)27-3)8-22-17(25)9-24-10-23-15-5-4-13(20)6-14(15)19(24)26/h4-7,10H,8-9H2,1-3H3,(H,22,25). The van der Waals surface area contributed by atoms with Crippen LogP contribution in [0.15, 0.2) is 40.0 Å². The molecule has 2 aromatic heterocycles. The van der Waals surface area contributed by atoms with Gasteiger partial charge in [-0.25, -0.2) is 4.98 Å². The Balaban J connectivity index is 1.74. The lowest BCUT2D eigenvalue weighted by Crippen LogP contribution is -2.32. The van der Waals surface area contributed by atoms with Crippen molar-refractivity contribution in [1.82, 2.24) is 19.9 Å². The van der Waals surface area contributed by atoms with Crippen LogP contribution in [-0.4, -0.2) is 27.6 Å². The zero-order valence-corrected chi connectivity index (χ0v) is 16.8. The summed E-state index contributed by atoms with van der Waals surface area (Å²) in [4.78, 5) is 33.5. The quantitative estimate of drug-likeness (QED) is 0.671. The molecule has 0 fully saturated rings. The van der Waals surface area contributed by atoms with Gasteiger partial charge in [0.1, 0.15) is 12.3 Å². The molecule has 1 aromatic carbocycles. The van der Waals surface area contributed by atoms with E-state index >= 15 is 0 Å². The number of carbonyl (C=O) groups is 1. The van der Waals surface area contributed by atoms with Crippen molar-refractivity contribution in [1.29, 1.82) is 0 Å². The van der Waals surface area contributed by atoms with E-state index in [9.17, 15) is 9.59 Å². The smallest absolute Gasteiger partial charge is 0.261 e. The van der Waals surface area contributed by atoms with Crippen molar-refractivity contribution in [3.63, 3.8) is 0 Å². The Morgan fingerprint density at radius 3 is 2.81 bits per heavy atom. The second kappa shape index (κ2) is 7.87. The monoisotopic (exact) mass is 430 g/mol. The summed E-state index contributed by atoms with van der Waals surface area (Å²) in [7, 11) is 1.61. The highest BCUT2D eigenvalue weighted by molar-refractivity contribution is 9.10. The van der Waals surface area contributed by atoms with Gasteiger partial charge in [-0.05, 0) is 32.0 Å². The molecule has 0 saturated heterocycles. The first-order valence-electron chi connectivity index (χ1n) is 8.31. The average Bonchev–Trinajstić information content (AvgIpc) is 2.64. The van der Waals surface area contributed by atoms with Gasteiger partial charge in [0.15, 0.2) is 0 Å². The molecule has 27 heavy (non-hydrogen) atoms. The molecule has 0 aliphatic carbocycles. The van der Waals surface area contributed by atoms with Crippen LogP contribution in [0, 0.1) is 13.8 Å². The van der Waals surface area contributed by atoms with Gasteiger partial charge in [0.05, 0.1) is 36.6 Å². The van der Waals surface area contributed by atoms with Crippen LogP contribution in [0.5, 0.6) is 5.75 Å². The van der Waals surface area contributed by atoms with E-state index in [0.29, 0.717) is 10.9 Å². The summed E-state index contributed by atoms with van der Waals surface area (Å²) in [5, 5.41) is 3.25. The van der Waals surface area contributed by atoms with Crippen LogP contribution in [0.1, 0.15) is 16.8 Å². The second-order valence-corrected chi connectivity index (χ2v) is 7.08. The number of pyridine rings is 1. The number of nitrogens with zero attached hydrogens (tertiary/aromatic N) is 3. The first-order chi connectivity index (χ1) is 12.9. The zero-order chi connectivity index (χ0) is 19.6. The normalized spacial score (nSPS) is 10.8. The molecule has 1 N–H and O–H groups in total. The minimum absolute atomic E-state index is 0.115. The third-order valence-electron chi connectivity index (χ3n) is 4.30. The van der Waals surface area contributed by atoms with Crippen molar-refractivity contribution in [2.75, 3.05) is 7.11 Å². The highest BCUT2D eigenvalue weighted by Gasteiger charge is 2.12. The number of aromatic nitrogens is 3. The van der Waals surface area contributed by atoms with Crippen LogP contribution in [0.4, 0.5) is 0 Å². The van der Waals surface area contributed by atoms with E-state index in [1.165, 1.54) is 10.9 Å². The first kappa shape index (κ1) is 19.0. The Hall–Kier alpha value is -2.74. The van der Waals surface area contributed by atoms with Gasteiger partial charge in [-0.1, -0.05) is 15.9 Å². The molecule has 0 aliphatic rings. The minimum atomic E-state index is -0.297. The molecular formula is C19H19BrN4O3. The molecule has 0 spiro atoms. The average molecular weight is 431 g/mol. The molecule has 3 aromatic rings. The number of methoxy groups -OCH3 is 1. The summed E-state index contributed by atoms with van der Waals surface area (Å²) in [6.07, 6.45) is 3.10. The van der Waals surface area contributed by atoms with Gasteiger partial charge in [0, 0.05) is 21.8 Å². The molecule has 7 nitrogen and oxygen atoms in total. The van der Waals surface area contributed by atoms with Crippen molar-refractivity contribution in [2.45, 2.75) is 26.9 Å². The third kappa shape index (κ3) is 4.00. The fourth-order valence-corrected chi connectivity index (χ4v) is 3.25. The summed E-state index contributed by atoms with van der Waals surface area (Å²) < 4.78 is 7.45. The van der Waals surface area contributed by atoms with Crippen LogP contribution < -0.4 is 15.6 Å². The van der Waals surface area contributed by atoms with Crippen molar-refractivity contribution in [3.05, 3.63) is 62.4 Å². The molecule has 0 unspecified atom stereocenters. The molecule has 2 heterocycles. The summed E-state index contributed by atoms with van der Waals surface area (Å²) in [6, 6.07) is 5.27. The molecule has 0 saturated carbocycles. The Bertz CT molecular complexity index is 1080. The fraction of sp³-hybridized carbons (Fsp3) is 0.263. The van der Waals surface area contributed by atoms with E-state index in [2.05, 4.69) is 31.2 Å². The number of halogens is 1. The van der Waals surface area contributed by atoms with E-state index < -0.39 is 0 Å². The van der Waals surface area contributed by atoms with Gasteiger partial charge in [-0.2, -0.15) is 0 Å². The Morgan fingerprint density at radius 2 is 2.07 bits per heavy atom. The number of aryl methyl sites for hydroxylation is 1. The summed E-state index contributed by atoms with van der Waals surface area (Å²) in [6.45, 7) is 3.95. The molecule has 8 heteroatoms. The third-order valence-corrected chi connectivity index (χ3v) is 4.80. The maximum Gasteiger partial charge on any atom is 0.261 e. The van der Waals surface area contributed by atoms with E-state index in [0.717, 1.165) is 27.0 Å². The van der Waals surface area contributed by atoms with Crippen molar-refractivity contribution >= 4 is 32.7 Å². The number of rotatable bonds is 5. The fourth-order valence-electron chi connectivity index (χ4n) is 2.89. The number of hydrogen-bond acceptors (Lipinski definition) is 5. The van der Waals surface area contributed by atoms with Crippen LogP contribution in [0.3, 0.4) is 0 Å². The molecule has 0 atom stereocenters. The second-order valence-electron chi connectivity index (χ2n) is 6.16. The number of carbonyl (C=O) groups excluding carboxylic acids is 1. The van der Waals surface area contributed by atoms with Gasteiger partial charge in [-0.15, -0.1) is 0 Å². The zero-order valence-electron chi connectivity index (χ0n) is 15.2. The van der Waals surface area contributed by atoms with Gasteiger partial charge in [0.2, 0.25) is 5.91 Å². The van der Waals surface area contributed by atoms with Gasteiger partial charge in [0.25, 0.3) is 5.56 Å². The topological polar surface area (TPSA) is 86.1 Å². The number of fused-ring (bicyclic) bond motifs is 1. The number of ether oxygens (including phenoxy) is 1. The molecule has 0 aliphatic heterocycles. The Kier molecular flexibility index (Phi) is 5.55. The minimum Gasteiger partial charge on any atom is -0.496 e. The van der Waals surface area contributed by atoms with E-state index in [-0.39, 0.29) is 24.6 Å². The van der Waals surface area contributed by atoms with E-state index in [1.807, 2.05) is 19.9 Å². The highest BCUT2D eigenvalue weighted by Crippen LogP contribution is 2.23.